The van der Waals surface area contributed by atoms with Crippen LogP contribution in [0.25, 0.3) is 0 Å². The standard InChI is InChI=1S/C8H12N4O4/c1-4-16-8-9-5(7(13)11(2)3)6(10-8)12(14)15/h4H2,1-3H3,(H,9,10). The van der Waals surface area contributed by atoms with E-state index in [1.165, 1.54) is 19.0 Å². The van der Waals surface area contributed by atoms with Gasteiger partial charge in [-0.25, -0.2) is 0 Å². The zero-order valence-corrected chi connectivity index (χ0v) is 9.18. The molecule has 1 N–H and O–H groups in total. The molecular weight excluding hydrogens is 216 g/mol. The number of amides is 1. The summed E-state index contributed by atoms with van der Waals surface area (Å²) >= 11 is 0. The van der Waals surface area contributed by atoms with Gasteiger partial charge in [-0.15, -0.1) is 0 Å². The molecule has 0 fully saturated rings. The van der Waals surface area contributed by atoms with Crippen LogP contribution < -0.4 is 4.74 Å². The Balaban J connectivity index is 3.15. The van der Waals surface area contributed by atoms with Crippen molar-refractivity contribution in [2.24, 2.45) is 0 Å². The molecule has 1 aromatic rings. The highest BCUT2D eigenvalue weighted by Gasteiger charge is 2.27. The van der Waals surface area contributed by atoms with Gasteiger partial charge in [-0.05, 0) is 11.8 Å². The Morgan fingerprint density at radius 2 is 2.25 bits per heavy atom. The lowest BCUT2D eigenvalue weighted by atomic mass is 10.4. The van der Waals surface area contributed by atoms with Gasteiger partial charge in [0.05, 0.1) is 6.61 Å². The predicted octanol–water partition coefficient (Wildman–Crippen LogP) is 0.418. The largest absolute Gasteiger partial charge is 0.448 e. The summed E-state index contributed by atoms with van der Waals surface area (Å²) in [5, 5.41) is 10.7. The highest BCUT2D eigenvalue weighted by molar-refractivity contribution is 5.95. The average Bonchev–Trinajstić information content (AvgIpc) is 2.61. The molecule has 1 amide bonds. The van der Waals surface area contributed by atoms with Crippen molar-refractivity contribution < 1.29 is 14.5 Å². The van der Waals surface area contributed by atoms with Crippen LogP contribution in [0, 0.1) is 10.1 Å². The van der Waals surface area contributed by atoms with E-state index in [1.54, 1.807) is 6.92 Å². The van der Waals surface area contributed by atoms with Crippen LogP contribution in [0.15, 0.2) is 0 Å². The topological polar surface area (TPSA) is 101 Å². The molecule has 1 heterocycles. The first kappa shape index (κ1) is 12.0. The quantitative estimate of drug-likeness (QED) is 0.594. The van der Waals surface area contributed by atoms with Crippen LogP contribution in [0.3, 0.4) is 0 Å². The zero-order chi connectivity index (χ0) is 12.3. The van der Waals surface area contributed by atoms with E-state index < -0.39 is 16.6 Å². The van der Waals surface area contributed by atoms with Gasteiger partial charge >= 0.3 is 11.8 Å². The van der Waals surface area contributed by atoms with Crippen LogP contribution >= 0.6 is 0 Å². The maximum atomic E-state index is 11.6. The lowest BCUT2D eigenvalue weighted by Gasteiger charge is -2.06. The first-order valence-corrected chi connectivity index (χ1v) is 4.56. The van der Waals surface area contributed by atoms with Crippen molar-refractivity contribution >= 4 is 11.7 Å². The lowest BCUT2D eigenvalue weighted by molar-refractivity contribution is -0.389. The van der Waals surface area contributed by atoms with Gasteiger partial charge in [-0.3, -0.25) is 4.79 Å². The van der Waals surface area contributed by atoms with E-state index in [1.807, 2.05) is 0 Å². The third-order valence-electron chi connectivity index (χ3n) is 1.74. The van der Waals surface area contributed by atoms with Crippen LogP contribution in [0.2, 0.25) is 0 Å². The summed E-state index contributed by atoms with van der Waals surface area (Å²) in [7, 11) is 2.97. The summed E-state index contributed by atoms with van der Waals surface area (Å²) in [6.07, 6.45) is 0. The number of aromatic amines is 1. The molecule has 0 saturated heterocycles. The Morgan fingerprint density at radius 1 is 1.62 bits per heavy atom. The number of ether oxygens (including phenoxy) is 1. The van der Waals surface area contributed by atoms with Crippen molar-refractivity contribution in [1.29, 1.82) is 0 Å². The van der Waals surface area contributed by atoms with E-state index in [2.05, 4.69) is 9.97 Å². The molecule has 0 bridgehead atoms. The van der Waals surface area contributed by atoms with Crippen molar-refractivity contribution in [3.05, 3.63) is 15.8 Å². The number of nitrogens with one attached hydrogen (secondary N) is 1. The van der Waals surface area contributed by atoms with Crippen LogP contribution in [-0.4, -0.2) is 46.4 Å². The number of aromatic nitrogens is 2. The fourth-order valence-corrected chi connectivity index (χ4v) is 1.04. The summed E-state index contributed by atoms with van der Waals surface area (Å²) < 4.78 is 4.97. The van der Waals surface area contributed by atoms with Crippen molar-refractivity contribution in [3.8, 4) is 6.01 Å². The van der Waals surface area contributed by atoms with Crippen molar-refractivity contribution in [1.82, 2.24) is 14.9 Å². The Bertz CT molecular complexity index is 412. The molecule has 8 nitrogen and oxygen atoms in total. The van der Waals surface area contributed by atoms with Gasteiger partial charge in [0.1, 0.15) is 0 Å². The molecule has 0 aliphatic carbocycles. The number of nitrogens with zero attached hydrogens (tertiary/aromatic N) is 3. The Hall–Kier alpha value is -2.12. The Labute approximate surface area is 91.4 Å². The normalized spacial score (nSPS) is 9.94. The minimum absolute atomic E-state index is 0.0283. The molecule has 0 atom stereocenters. The molecule has 88 valence electrons. The lowest BCUT2D eigenvalue weighted by Crippen LogP contribution is -2.22. The zero-order valence-electron chi connectivity index (χ0n) is 9.18. The number of hydrogen-bond donors (Lipinski definition) is 1. The Morgan fingerprint density at radius 3 is 2.69 bits per heavy atom. The maximum absolute atomic E-state index is 11.6. The number of carbonyl (C=O) groups is 1. The molecule has 16 heavy (non-hydrogen) atoms. The van der Waals surface area contributed by atoms with Crippen LogP contribution in [0.1, 0.15) is 17.4 Å². The van der Waals surface area contributed by atoms with Gasteiger partial charge in [0.25, 0.3) is 5.91 Å². The van der Waals surface area contributed by atoms with E-state index in [4.69, 9.17) is 4.74 Å². The molecule has 0 saturated carbocycles. The number of imidazole rings is 1. The molecule has 0 aliphatic rings. The second-order valence-electron chi connectivity index (χ2n) is 3.13. The third-order valence-corrected chi connectivity index (χ3v) is 1.74. The fourth-order valence-electron chi connectivity index (χ4n) is 1.04. The van der Waals surface area contributed by atoms with Gasteiger partial charge in [-0.2, -0.15) is 9.97 Å². The van der Waals surface area contributed by atoms with Gasteiger partial charge in [0.15, 0.2) is 0 Å². The first-order valence-electron chi connectivity index (χ1n) is 4.56. The first-order chi connectivity index (χ1) is 7.47. The SMILES string of the molecule is CCOc1nc(C(=O)N(C)C)c([N+](=O)[O-])[nH]1. The molecule has 1 aromatic heterocycles. The monoisotopic (exact) mass is 228 g/mol. The van der Waals surface area contributed by atoms with Crippen molar-refractivity contribution in [3.63, 3.8) is 0 Å². The number of nitro groups is 1. The second kappa shape index (κ2) is 4.60. The Kier molecular flexibility index (Phi) is 3.44. The van der Waals surface area contributed by atoms with E-state index in [9.17, 15) is 14.9 Å². The predicted molar refractivity (Wildman–Crippen MR) is 54.4 cm³/mol. The summed E-state index contributed by atoms with van der Waals surface area (Å²) in [6, 6.07) is -0.0283. The fraction of sp³-hybridized carbons (Fsp3) is 0.500. The molecule has 0 aromatic carbocycles. The van der Waals surface area contributed by atoms with E-state index in [0.717, 1.165) is 0 Å². The highest BCUT2D eigenvalue weighted by Crippen LogP contribution is 2.20. The van der Waals surface area contributed by atoms with Crippen molar-refractivity contribution in [2.45, 2.75) is 6.92 Å². The molecule has 0 radical (unpaired) electrons. The summed E-state index contributed by atoms with van der Waals surface area (Å²) in [6.45, 7) is 2.02. The summed E-state index contributed by atoms with van der Waals surface area (Å²) in [5.41, 5.74) is -0.251. The smallest absolute Gasteiger partial charge is 0.389 e. The maximum Gasteiger partial charge on any atom is 0.389 e. The molecule has 0 unspecified atom stereocenters. The minimum Gasteiger partial charge on any atom is -0.448 e. The molecule has 0 aliphatic heterocycles. The summed E-state index contributed by atoms with van der Waals surface area (Å²) in [4.78, 5) is 28.8. The second-order valence-corrected chi connectivity index (χ2v) is 3.13. The van der Waals surface area contributed by atoms with Crippen LogP contribution in [0.4, 0.5) is 5.82 Å². The van der Waals surface area contributed by atoms with Gasteiger partial charge in [0.2, 0.25) is 5.69 Å². The van der Waals surface area contributed by atoms with Crippen molar-refractivity contribution in [2.75, 3.05) is 20.7 Å². The van der Waals surface area contributed by atoms with Gasteiger partial charge in [-0.1, -0.05) is 0 Å². The van der Waals surface area contributed by atoms with Crippen LogP contribution in [0.5, 0.6) is 6.01 Å². The summed E-state index contributed by atoms with van der Waals surface area (Å²) in [5.74, 6) is -1.00. The van der Waals surface area contributed by atoms with E-state index in [0.29, 0.717) is 6.61 Å². The van der Waals surface area contributed by atoms with E-state index >= 15 is 0 Å². The number of carbonyl (C=O) groups excluding carboxylic acids is 1. The molecule has 0 spiro atoms. The van der Waals surface area contributed by atoms with Crippen LogP contribution in [-0.2, 0) is 0 Å². The number of rotatable bonds is 4. The van der Waals surface area contributed by atoms with E-state index in [-0.39, 0.29) is 11.7 Å². The molecule has 8 heteroatoms. The molecule has 1 rings (SSSR count). The highest BCUT2D eigenvalue weighted by atomic mass is 16.6. The third kappa shape index (κ3) is 2.27. The van der Waals surface area contributed by atoms with Gasteiger partial charge < -0.3 is 19.8 Å². The van der Waals surface area contributed by atoms with Gasteiger partial charge in [0, 0.05) is 14.1 Å². The molecular formula is C8H12N4O4. The minimum atomic E-state index is -0.702. The number of H-pyrrole nitrogens is 1. The number of hydrogen-bond acceptors (Lipinski definition) is 5. The average molecular weight is 228 g/mol.